The Labute approximate surface area is 165 Å². The van der Waals surface area contributed by atoms with Crippen molar-refractivity contribution in [3.63, 3.8) is 0 Å². The number of rotatable bonds is 5. The maximum Gasteiger partial charge on any atom is 0.192 e. The highest BCUT2D eigenvalue weighted by molar-refractivity contribution is 6.83. The maximum absolute atomic E-state index is 6.60. The first-order valence-corrected chi connectivity index (χ1v) is 16.6. The third-order valence-electron chi connectivity index (χ3n) is 5.24. The van der Waals surface area contributed by atoms with Crippen molar-refractivity contribution in [2.75, 3.05) is 0 Å². The summed E-state index contributed by atoms with van der Waals surface area (Å²) in [6.45, 7) is 18.3. The highest BCUT2D eigenvalue weighted by Gasteiger charge is 2.38. The van der Waals surface area contributed by atoms with E-state index in [9.17, 15) is 0 Å². The van der Waals surface area contributed by atoms with Crippen molar-refractivity contribution in [3.8, 4) is 23.5 Å². The van der Waals surface area contributed by atoms with Crippen molar-refractivity contribution in [1.82, 2.24) is 0 Å². The third kappa shape index (κ3) is 9.31. The van der Waals surface area contributed by atoms with E-state index in [1.165, 1.54) is 19.3 Å². The van der Waals surface area contributed by atoms with Crippen LogP contribution in [0.2, 0.25) is 37.8 Å². The van der Waals surface area contributed by atoms with Gasteiger partial charge in [0.15, 0.2) is 8.32 Å². The molecule has 0 radical (unpaired) electrons. The molecule has 1 saturated carbocycles. The Morgan fingerprint density at radius 3 is 2.04 bits per heavy atom. The molecule has 148 valence electrons. The van der Waals surface area contributed by atoms with Gasteiger partial charge in [0.1, 0.15) is 20.3 Å². The Balaban J connectivity index is 2.69. The zero-order valence-corrected chi connectivity index (χ0v) is 20.4. The molecule has 0 saturated heterocycles. The van der Waals surface area contributed by atoms with Crippen LogP contribution in [0.15, 0.2) is 0 Å². The average Bonchev–Trinajstić information content (AvgIpc) is 2.49. The van der Waals surface area contributed by atoms with Gasteiger partial charge in [-0.3, -0.25) is 0 Å². The fraction of sp³-hybridized carbons (Fsp3) is 0.818. The second-order valence-corrected chi connectivity index (χ2v) is 19.6. The second-order valence-electron chi connectivity index (χ2n) is 10.1. The van der Waals surface area contributed by atoms with Crippen LogP contribution in [0.25, 0.3) is 0 Å². The van der Waals surface area contributed by atoms with E-state index in [0.29, 0.717) is 12.5 Å². The second kappa shape index (κ2) is 10.0. The molecule has 0 spiro atoms. The van der Waals surface area contributed by atoms with Crippen LogP contribution in [0.1, 0.15) is 65.7 Å². The van der Waals surface area contributed by atoms with Crippen molar-refractivity contribution in [2.24, 2.45) is 0 Å². The summed E-state index contributed by atoms with van der Waals surface area (Å²) in [5.41, 5.74) is 3.46. The Morgan fingerprint density at radius 2 is 1.50 bits per heavy atom. The van der Waals surface area contributed by atoms with Gasteiger partial charge in [-0.2, -0.15) is 0 Å². The molecular formula is C22H40O2Si2. The molecule has 1 aliphatic carbocycles. The Kier molecular flexibility index (Phi) is 9.00. The monoisotopic (exact) mass is 392 g/mol. The SMILES string of the molecule is CC(C)(C)[Si](C)(C)OC(CC#COC1CCCCC1)CC#C[Si](C)(C)C. The van der Waals surface area contributed by atoms with Gasteiger partial charge >= 0.3 is 0 Å². The highest BCUT2D eigenvalue weighted by Crippen LogP contribution is 2.37. The van der Waals surface area contributed by atoms with E-state index in [1.807, 2.05) is 0 Å². The average molecular weight is 393 g/mol. The molecule has 2 nitrogen and oxygen atoms in total. The van der Waals surface area contributed by atoms with E-state index in [1.54, 1.807) is 0 Å². The topological polar surface area (TPSA) is 18.5 Å². The van der Waals surface area contributed by atoms with Gasteiger partial charge in [0.2, 0.25) is 0 Å². The summed E-state index contributed by atoms with van der Waals surface area (Å²) in [6, 6.07) is 0. The maximum atomic E-state index is 6.60. The molecule has 0 heterocycles. The van der Waals surface area contributed by atoms with E-state index < -0.39 is 16.4 Å². The van der Waals surface area contributed by atoms with Crippen molar-refractivity contribution >= 4 is 16.4 Å². The van der Waals surface area contributed by atoms with Gasteiger partial charge in [-0.25, -0.2) is 0 Å². The molecule has 1 atom stereocenters. The van der Waals surface area contributed by atoms with Gasteiger partial charge < -0.3 is 9.16 Å². The quantitative estimate of drug-likeness (QED) is 0.401. The van der Waals surface area contributed by atoms with E-state index in [2.05, 4.69) is 77.0 Å². The summed E-state index contributed by atoms with van der Waals surface area (Å²) in [5, 5.41) is 0.198. The Morgan fingerprint density at radius 1 is 0.923 bits per heavy atom. The molecule has 1 aliphatic rings. The van der Waals surface area contributed by atoms with Crippen LogP contribution in [-0.2, 0) is 9.16 Å². The lowest BCUT2D eigenvalue weighted by Gasteiger charge is -2.38. The Bertz CT molecular complexity index is 541. The molecule has 0 amide bonds. The predicted octanol–water partition coefficient (Wildman–Crippen LogP) is 6.35. The molecule has 0 aliphatic heterocycles. The minimum atomic E-state index is -1.82. The molecule has 1 rings (SSSR count). The molecule has 1 unspecified atom stereocenters. The molecule has 0 aromatic rings. The van der Waals surface area contributed by atoms with Crippen molar-refractivity contribution in [2.45, 2.75) is 116 Å². The number of hydrogen-bond donors (Lipinski definition) is 0. The number of ether oxygens (including phenoxy) is 1. The van der Waals surface area contributed by atoms with Gasteiger partial charge in [-0.05, 0) is 43.8 Å². The van der Waals surface area contributed by atoms with E-state index in [0.717, 1.165) is 19.3 Å². The first-order chi connectivity index (χ1) is 11.9. The van der Waals surface area contributed by atoms with Crippen LogP contribution < -0.4 is 0 Å². The normalized spacial score (nSPS) is 17.5. The van der Waals surface area contributed by atoms with E-state index in [-0.39, 0.29) is 11.1 Å². The van der Waals surface area contributed by atoms with Crippen LogP contribution in [0.3, 0.4) is 0 Å². The van der Waals surface area contributed by atoms with Crippen molar-refractivity contribution in [1.29, 1.82) is 0 Å². The zero-order valence-electron chi connectivity index (χ0n) is 18.4. The van der Waals surface area contributed by atoms with Crippen LogP contribution >= 0.6 is 0 Å². The lowest BCUT2D eigenvalue weighted by Crippen LogP contribution is -2.43. The van der Waals surface area contributed by atoms with Gasteiger partial charge in [0.05, 0.1) is 6.10 Å². The van der Waals surface area contributed by atoms with Crippen LogP contribution in [0.4, 0.5) is 0 Å². The van der Waals surface area contributed by atoms with Crippen molar-refractivity contribution in [3.05, 3.63) is 0 Å². The molecular weight excluding hydrogens is 352 g/mol. The minimum Gasteiger partial charge on any atom is -0.443 e. The molecule has 0 N–H and O–H groups in total. The fourth-order valence-electron chi connectivity index (χ4n) is 2.64. The van der Waals surface area contributed by atoms with Crippen LogP contribution in [0, 0.1) is 23.5 Å². The molecule has 26 heavy (non-hydrogen) atoms. The lowest BCUT2D eigenvalue weighted by molar-refractivity contribution is 0.123. The summed E-state index contributed by atoms with van der Waals surface area (Å²) in [7, 11) is -3.17. The van der Waals surface area contributed by atoms with Gasteiger partial charge in [-0.1, -0.05) is 52.8 Å². The lowest BCUT2D eigenvalue weighted by atomic mass is 9.98. The summed E-state index contributed by atoms with van der Waals surface area (Å²) in [5.74, 6) is 6.61. The van der Waals surface area contributed by atoms with Gasteiger partial charge in [0, 0.05) is 12.8 Å². The summed E-state index contributed by atoms with van der Waals surface area (Å²) in [6.07, 6.45) is 11.1. The van der Waals surface area contributed by atoms with Crippen LogP contribution in [-0.4, -0.2) is 28.6 Å². The first-order valence-electron chi connectivity index (χ1n) is 10.2. The molecule has 0 aromatic carbocycles. The van der Waals surface area contributed by atoms with Crippen LogP contribution in [0.5, 0.6) is 0 Å². The van der Waals surface area contributed by atoms with Crippen molar-refractivity contribution < 1.29 is 9.16 Å². The first kappa shape index (κ1) is 23.4. The van der Waals surface area contributed by atoms with Gasteiger partial charge in [0.25, 0.3) is 0 Å². The zero-order chi connectivity index (χ0) is 19.8. The molecule has 0 bridgehead atoms. The van der Waals surface area contributed by atoms with E-state index >= 15 is 0 Å². The van der Waals surface area contributed by atoms with Gasteiger partial charge in [-0.15, -0.1) is 11.5 Å². The highest BCUT2D eigenvalue weighted by atomic mass is 28.4. The minimum absolute atomic E-state index is 0.0854. The predicted molar refractivity (Wildman–Crippen MR) is 118 cm³/mol. The molecule has 4 heteroatoms. The summed E-state index contributed by atoms with van der Waals surface area (Å²) >= 11 is 0. The molecule has 0 aromatic heterocycles. The summed E-state index contributed by atoms with van der Waals surface area (Å²) in [4.78, 5) is 0. The largest absolute Gasteiger partial charge is 0.443 e. The smallest absolute Gasteiger partial charge is 0.192 e. The Hall–Kier alpha value is -0.686. The standard InChI is InChI=1S/C22H40O2Si2/c1-22(2,3)26(7,8)24-21(17-13-19-25(4,5)6)16-12-18-23-20-14-10-9-11-15-20/h20-21H,9-11,14-17H2,1-8H3. The van der Waals surface area contributed by atoms with E-state index in [4.69, 9.17) is 9.16 Å². The number of hydrogen-bond acceptors (Lipinski definition) is 2. The fourth-order valence-corrected chi connectivity index (χ4v) is 4.63. The summed E-state index contributed by atoms with van der Waals surface area (Å²) < 4.78 is 12.4. The third-order valence-corrected chi connectivity index (χ3v) is 10.7. The molecule has 1 fully saturated rings.